The van der Waals surface area contributed by atoms with Crippen LogP contribution in [0.2, 0.25) is 0 Å². The Hall–Kier alpha value is -2.63. The van der Waals surface area contributed by atoms with Crippen molar-refractivity contribution in [1.29, 1.82) is 0 Å². The number of aromatic nitrogens is 1. The van der Waals surface area contributed by atoms with Gasteiger partial charge >= 0.3 is 0 Å². The van der Waals surface area contributed by atoms with E-state index in [1.807, 2.05) is 24.3 Å². The summed E-state index contributed by atoms with van der Waals surface area (Å²) < 4.78 is 1.50. The van der Waals surface area contributed by atoms with Gasteiger partial charge in [-0.3, -0.25) is 19.0 Å². The smallest absolute Gasteiger partial charge is 0.256 e. The fourth-order valence-corrected chi connectivity index (χ4v) is 2.81. The van der Waals surface area contributed by atoms with Gasteiger partial charge in [0.25, 0.3) is 5.91 Å². The van der Waals surface area contributed by atoms with E-state index in [0.29, 0.717) is 31.7 Å². The third kappa shape index (κ3) is 2.36. The van der Waals surface area contributed by atoms with E-state index in [1.54, 1.807) is 16.0 Å². The minimum atomic E-state index is -0.124. The molecule has 1 aromatic carbocycles. The van der Waals surface area contributed by atoms with Gasteiger partial charge in [0.05, 0.1) is 11.1 Å². The van der Waals surface area contributed by atoms with Crippen molar-refractivity contribution in [2.24, 2.45) is 0 Å². The van der Waals surface area contributed by atoms with Gasteiger partial charge in [-0.05, 0) is 6.07 Å². The molecule has 0 N–H and O–H groups in total. The summed E-state index contributed by atoms with van der Waals surface area (Å²) in [6.45, 7) is 3.58. The fourth-order valence-electron chi connectivity index (χ4n) is 2.81. The molecule has 0 unspecified atom stereocenters. The highest BCUT2D eigenvalue weighted by molar-refractivity contribution is 6.09. The molecule has 1 aliphatic heterocycles. The summed E-state index contributed by atoms with van der Waals surface area (Å²) in [5.41, 5.74) is 1.27. The lowest BCUT2D eigenvalue weighted by Crippen LogP contribution is -2.48. The van der Waals surface area contributed by atoms with Gasteiger partial charge < -0.3 is 9.80 Å². The Labute approximate surface area is 127 Å². The van der Waals surface area contributed by atoms with E-state index in [1.165, 1.54) is 11.5 Å². The second-order valence-electron chi connectivity index (χ2n) is 5.38. The number of carbonyl (C=O) groups excluding carboxylic acids is 3. The Morgan fingerprint density at radius 3 is 2.41 bits per heavy atom. The molecule has 0 bridgehead atoms. The molecule has 114 valence electrons. The van der Waals surface area contributed by atoms with Gasteiger partial charge in [-0.25, -0.2) is 0 Å². The minimum absolute atomic E-state index is 0.0956. The molecule has 0 aliphatic carbocycles. The molecule has 0 radical (unpaired) electrons. The zero-order chi connectivity index (χ0) is 15.7. The predicted octanol–water partition coefficient (Wildman–Crippen LogP) is 1.22. The van der Waals surface area contributed by atoms with Crippen molar-refractivity contribution < 1.29 is 14.4 Å². The van der Waals surface area contributed by atoms with E-state index < -0.39 is 0 Å². The number of para-hydroxylation sites is 1. The van der Waals surface area contributed by atoms with Crippen molar-refractivity contribution in [1.82, 2.24) is 14.4 Å². The molecule has 3 rings (SSSR count). The highest BCUT2D eigenvalue weighted by Gasteiger charge is 2.24. The van der Waals surface area contributed by atoms with Crippen LogP contribution in [-0.4, -0.2) is 58.8 Å². The quantitative estimate of drug-likeness (QED) is 0.783. The van der Waals surface area contributed by atoms with Crippen LogP contribution < -0.4 is 0 Å². The van der Waals surface area contributed by atoms with Crippen molar-refractivity contribution in [2.75, 3.05) is 26.2 Å². The van der Waals surface area contributed by atoms with Crippen LogP contribution in [0.1, 0.15) is 22.1 Å². The number of carbonyl (C=O) groups is 3. The van der Waals surface area contributed by atoms with Crippen molar-refractivity contribution in [3.05, 3.63) is 36.0 Å². The summed E-state index contributed by atoms with van der Waals surface area (Å²) in [7, 11) is 0. The average molecular weight is 299 g/mol. The van der Waals surface area contributed by atoms with Crippen LogP contribution >= 0.6 is 0 Å². The number of rotatable bonds is 2. The number of piperazine rings is 1. The Bertz CT molecular complexity index is 742. The molecule has 1 saturated heterocycles. The predicted molar refractivity (Wildman–Crippen MR) is 81.8 cm³/mol. The van der Waals surface area contributed by atoms with E-state index in [2.05, 4.69) is 0 Å². The first-order valence-electron chi connectivity index (χ1n) is 7.21. The summed E-state index contributed by atoms with van der Waals surface area (Å²) in [6.07, 6.45) is 2.42. The zero-order valence-corrected chi connectivity index (χ0v) is 12.4. The van der Waals surface area contributed by atoms with Gasteiger partial charge in [0, 0.05) is 44.7 Å². The van der Waals surface area contributed by atoms with Crippen LogP contribution in [0.3, 0.4) is 0 Å². The number of nitrogens with zero attached hydrogens (tertiary/aromatic N) is 3. The van der Waals surface area contributed by atoms with Crippen LogP contribution in [0.15, 0.2) is 30.5 Å². The number of amides is 2. The zero-order valence-electron chi connectivity index (χ0n) is 12.4. The molecule has 0 spiro atoms. The van der Waals surface area contributed by atoms with Crippen molar-refractivity contribution in [3.8, 4) is 0 Å². The lowest BCUT2D eigenvalue weighted by Gasteiger charge is -2.32. The normalized spacial score (nSPS) is 15.1. The van der Waals surface area contributed by atoms with E-state index >= 15 is 0 Å². The Kier molecular flexibility index (Phi) is 3.66. The third-order valence-corrected chi connectivity index (χ3v) is 4.03. The molecule has 0 atom stereocenters. The molecular formula is C16H17N3O3. The van der Waals surface area contributed by atoms with Gasteiger partial charge in [0.2, 0.25) is 12.3 Å². The number of hydrogen-bond acceptors (Lipinski definition) is 3. The topological polar surface area (TPSA) is 62.6 Å². The maximum Gasteiger partial charge on any atom is 0.256 e. The molecule has 2 amide bonds. The Morgan fingerprint density at radius 1 is 1.09 bits per heavy atom. The molecule has 1 aromatic heterocycles. The largest absolute Gasteiger partial charge is 0.342 e. The van der Waals surface area contributed by atoms with Crippen molar-refractivity contribution in [3.63, 3.8) is 0 Å². The van der Waals surface area contributed by atoms with Crippen LogP contribution in [0.4, 0.5) is 0 Å². The summed E-state index contributed by atoms with van der Waals surface area (Å²) in [5.74, 6) is -0.220. The molecule has 1 aliphatic rings. The highest BCUT2D eigenvalue weighted by Crippen LogP contribution is 2.23. The maximum atomic E-state index is 12.7. The van der Waals surface area contributed by atoms with Gasteiger partial charge in [0.1, 0.15) is 0 Å². The summed E-state index contributed by atoms with van der Waals surface area (Å²) in [5, 5.41) is 0.778. The second kappa shape index (κ2) is 5.63. The van der Waals surface area contributed by atoms with E-state index in [-0.39, 0.29) is 11.8 Å². The molecule has 22 heavy (non-hydrogen) atoms. The Balaban J connectivity index is 1.95. The summed E-state index contributed by atoms with van der Waals surface area (Å²) in [4.78, 5) is 38.6. The highest BCUT2D eigenvalue weighted by atomic mass is 16.2. The molecule has 1 fully saturated rings. The third-order valence-electron chi connectivity index (χ3n) is 4.03. The van der Waals surface area contributed by atoms with Crippen LogP contribution in [-0.2, 0) is 4.79 Å². The summed E-state index contributed by atoms with van der Waals surface area (Å²) in [6, 6.07) is 7.38. The molecule has 6 heteroatoms. The number of fused-ring (bicyclic) bond motifs is 1. The average Bonchev–Trinajstić information content (AvgIpc) is 2.94. The van der Waals surface area contributed by atoms with Crippen LogP contribution in [0.5, 0.6) is 0 Å². The van der Waals surface area contributed by atoms with Gasteiger partial charge in [-0.15, -0.1) is 0 Å². The van der Waals surface area contributed by atoms with Gasteiger partial charge in [-0.1, -0.05) is 18.2 Å². The van der Waals surface area contributed by atoms with Gasteiger partial charge in [-0.2, -0.15) is 0 Å². The van der Waals surface area contributed by atoms with Crippen molar-refractivity contribution in [2.45, 2.75) is 6.92 Å². The second-order valence-corrected chi connectivity index (χ2v) is 5.38. The lowest BCUT2D eigenvalue weighted by atomic mass is 10.1. The van der Waals surface area contributed by atoms with Crippen LogP contribution in [0.25, 0.3) is 10.9 Å². The maximum absolute atomic E-state index is 12.7. The van der Waals surface area contributed by atoms with Crippen LogP contribution in [0, 0.1) is 0 Å². The first kappa shape index (κ1) is 14.3. The molecule has 2 heterocycles. The lowest BCUT2D eigenvalue weighted by molar-refractivity contribution is -0.119. The summed E-state index contributed by atoms with van der Waals surface area (Å²) >= 11 is 0. The molecule has 2 aromatic rings. The van der Waals surface area contributed by atoms with E-state index in [4.69, 9.17) is 0 Å². The SMILES string of the molecule is CC(=O)n1cc(C(=O)N2CCN(C=O)CC2)c2ccccc21. The first-order chi connectivity index (χ1) is 10.6. The standard InChI is InChI=1S/C16H17N3O3/c1-12(21)19-10-14(13-4-2-3-5-15(13)19)16(22)18-8-6-17(11-20)7-9-18/h2-5,10-11H,6-9H2,1H3. The monoisotopic (exact) mass is 299 g/mol. The van der Waals surface area contributed by atoms with Crippen molar-refractivity contribution >= 4 is 29.1 Å². The number of benzene rings is 1. The Morgan fingerprint density at radius 2 is 1.77 bits per heavy atom. The molecule has 0 saturated carbocycles. The van der Waals surface area contributed by atoms with Gasteiger partial charge in [0.15, 0.2) is 0 Å². The minimum Gasteiger partial charge on any atom is -0.342 e. The first-order valence-corrected chi connectivity index (χ1v) is 7.21. The number of hydrogen-bond donors (Lipinski definition) is 0. The van der Waals surface area contributed by atoms with E-state index in [0.717, 1.165) is 17.3 Å². The van der Waals surface area contributed by atoms with E-state index in [9.17, 15) is 14.4 Å². The fraction of sp³-hybridized carbons (Fsp3) is 0.312. The molecule has 6 nitrogen and oxygen atoms in total. The molecular weight excluding hydrogens is 282 g/mol.